The first-order valence-corrected chi connectivity index (χ1v) is 10.6. The Hall–Kier alpha value is -1.56. The molecule has 2 aromatic heterocycles. The molecule has 0 amide bonds. The fourth-order valence-electron chi connectivity index (χ4n) is 2.51. The summed E-state index contributed by atoms with van der Waals surface area (Å²) in [5, 5.41) is 4.79. The van der Waals surface area contributed by atoms with Gasteiger partial charge in [0.2, 0.25) is 5.28 Å². The molecule has 0 fully saturated rings. The van der Waals surface area contributed by atoms with Crippen molar-refractivity contribution in [3.05, 3.63) is 41.2 Å². The van der Waals surface area contributed by atoms with Gasteiger partial charge in [-0.1, -0.05) is 7.92 Å². The van der Waals surface area contributed by atoms with E-state index in [1.54, 1.807) is 13.0 Å². The zero-order valence-corrected chi connectivity index (χ0v) is 16.1. The smallest absolute Gasteiger partial charge is 0.224 e. The van der Waals surface area contributed by atoms with E-state index in [0.29, 0.717) is 5.69 Å². The molecule has 3 rings (SSSR count). The minimum atomic E-state index is -0.602. The quantitative estimate of drug-likeness (QED) is 0.482. The van der Waals surface area contributed by atoms with Gasteiger partial charge in [0.25, 0.3) is 0 Å². The van der Waals surface area contributed by atoms with Gasteiger partial charge in [0, 0.05) is 16.4 Å². The Kier molecular flexibility index (Phi) is 5.37. The molecular formula is C16H14ClF2N4PS. The van der Waals surface area contributed by atoms with Crippen LogP contribution >= 0.6 is 31.7 Å². The molecule has 0 unspecified atom stereocenters. The van der Waals surface area contributed by atoms with Gasteiger partial charge < -0.3 is 5.32 Å². The highest BCUT2D eigenvalue weighted by Gasteiger charge is 2.16. The normalized spacial score (nSPS) is 11.3. The number of anilines is 2. The van der Waals surface area contributed by atoms with Crippen LogP contribution in [0.4, 0.5) is 19.8 Å². The summed E-state index contributed by atoms with van der Waals surface area (Å²) in [6.45, 7) is 5.75. The lowest BCUT2D eigenvalue weighted by Crippen LogP contribution is -2.11. The van der Waals surface area contributed by atoms with E-state index >= 15 is 0 Å². The van der Waals surface area contributed by atoms with Crippen LogP contribution in [0, 0.1) is 12.7 Å². The zero-order chi connectivity index (χ0) is 18.1. The van der Waals surface area contributed by atoms with E-state index in [-0.39, 0.29) is 34.0 Å². The number of fused-ring (bicyclic) bond motifs is 1. The molecule has 0 radical (unpaired) electrons. The van der Waals surface area contributed by atoms with Gasteiger partial charge in [0.1, 0.15) is 10.7 Å². The molecule has 1 N–H and O–H groups in total. The van der Waals surface area contributed by atoms with E-state index in [9.17, 15) is 8.28 Å². The van der Waals surface area contributed by atoms with Gasteiger partial charge in [-0.2, -0.15) is 8.87 Å². The van der Waals surface area contributed by atoms with Crippen molar-refractivity contribution in [2.24, 2.45) is 0 Å². The average molecular weight is 399 g/mol. The van der Waals surface area contributed by atoms with Gasteiger partial charge in [-0.25, -0.2) is 9.37 Å². The van der Waals surface area contributed by atoms with Crippen LogP contribution in [0.2, 0.25) is 5.28 Å². The highest BCUT2D eigenvalue weighted by molar-refractivity contribution is 7.94. The van der Waals surface area contributed by atoms with Crippen molar-refractivity contribution in [3.63, 3.8) is 0 Å². The van der Waals surface area contributed by atoms with Crippen LogP contribution in [-0.2, 0) is 0 Å². The standard InChI is InChI=1S/C16H14ClF2N4PS/c1-8-10(18)6-9-11(21-8)4-5-12(14(9)24(2)3)22-15-13(25-19)7-20-16(17)23-15/h4-7H,1-3H3,(H,20,22,23). The van der Waals surface area contributed by atoms with Crippen LogP contribution in [0.25, 0.3) is 10.9 Å². The summed E-state index contributed by atoms with van der Waals surface area (Å²) in [6.07, 6.45) is 1.31. The number of benzene rings is 1. The summed E-state index contributed by atoms with van der Waals surface area (Å²) >= 11 is 5.86. The summed E-state index contributed by atoms with van der Waals surface area (Å²) in [5.74, 6) is -0.0849. The molecule has 0 aliphatic carbocycles. The molecule has 0 atom stereocenters. The fraction of sp³-hybridized carbons (Fsp3) is 0.188. The second-order valence-electron chi connectivity index (χ2n) is 5.53. The topological polar surface area (TPSA) is 50.7 Å². The zero-order valence-electron chi connectivity index (χ0n) is 13.6. The Labute approximate surface area is 154 Å². The van der Waals surface area contributed by atoms with Crippen molar-refractivity contribution in [2.45, 2.75) is 11.8 Å². The molecular weight excluding hydrogens is 385 g/mol. The Balaban J connectivity index is 2.18. The summed E-state index contributed by atoms with van der Waals surface area (Å²) in [6, 6.07) is 5.14. The van der Waals surface area contributed by atoms with Crippen LogP contribution in [-0.4, -0.2) is 28.3 Å². The number of halogens is 3. The largest absolute Gasteiger partial charge is 0.339 e. The van der Waals surface area contributed by atoms with E-state index in [2.05, 4.69) is 33.6 Å². The molecule has 0 saturated carbocycles. The van der Waals surface area contributed by atoms with E-state index in [1.165, 1.54) is 12.3 Å². The Bertz CT molecular complexity index is 955. The van der Waals surface area contributed by atoms with Crippen LogP contribution in [0.5, 0.6) is 0 Å². The maximum Gasteiger partial charge on any atom is 0.224 e. The maximum absolute atomic E-state index is 14.1. The van der Waals surface area contributed by atoms with Crippen molar-refractivity contribution in [2.75, 3.05) is 18.6 Å². The predicted octanol–water partition coefficient (Wildman–Crippen LogP) is 5.21. The van der Waals surface area contributed by atoms with Crippen LogP contribution in [0.15, 0.2) is 29.3 Å². The number of nitrogens with one attached hydrogen (secondary N) is 1. The lowest BCUT2D eigenvalue weighted by atomic mass is 10.1. The van der Waals surface area contributed by atoms with Gasteiger partial charge in [-0.05, 0) is 50.1 Å². The highest BCUT2D eigenvalue weighted by atomic mass is 35.5. The van der Waals surface area contributed by atoms with Crippen molar-refractivity contribution >= 4 is 59.4 Å². The fourth-order valence-corrected chi connectivity index (χ4v) is 4.18. The first-order chi connectivity index (χ1) is 11.9. The molecule has 9 heteroatoms. The van der Waals surface area contributed by atoms with Crippen molar-refractivity contribution in [1.82, 2.24) is 15.0 Å². The monoisotopic (exact) mass is 398 g/mol. The highest BCUT2D eigenvalue weighted by Crippen LogP contribution is 2.36. The lowest BCUT2D eigenvalue weighted by molar-refractivity contribution is 0.613. The molecule has 130 valence electrons. The average Bonchev–Trinajstić information content (AvgIpc) is 2.56. The predicted molar refractivity (Wildman–Crippen MR) is 102 cm³/mol. The summed E-state index contributed by atoms with van der Waals surface area (Å²) in [4.78, 5) is 12.4. The third kappa shape index (κ3) is 3.68. The second-order valence-corrected chi connectivity index (χ2v) is 8.70. The minimum absolute atomic E-state index is 0.0150. The van der Waals surface area contributed by atoms with Gasteiger partial charge in [-0.3, -0.25) is 4.98 Å². The SMILES string of the molecule is Cc1nc2ccc(Nc3nc(Cl)ncc3SF)c(P(C)C)c2cc1F. The first-order valence-electron chi connectivity index (χ1n) is 7.26. The summed E-state index contributed by atoms with van der Waals surface area (Å²) in [7, 11) is -0.602. The number of pyridine rings is 1. The molecule has 0 spiro atoms. The first kappa shape index (κ1) is 18.2. The maximum atomic E-state index is 14.1. The molecule has 4 nitrogen and oxygen atoms in total. The molecule has 25 heavy (non-hydrogen) atoms. The van der Waals surface area contributed by atoms with Crippen molar-refractivity contribution < 1.29 is 8.28 Å². The van der Waals surface area contributed by atoms with E-state index in [0.717, 1.165) is 21.9 Å². The molecule has 0 aliphatic rings. The van der Waals surface area contributed by atoms with Gasteiger partial charge in [-0.15, -0.1) is 0 Å². The molecule has 3 aromatic rings. The summed E-state index contributed by atoms with van der Waals surface area (Å²) in [5.41, 5.74) is 1.80. The third-order valence-electron chi connectivity index (χ3n) is 3.61. The Morgan fingerprint density at radius 1 is 1.24 bits per heavy atom. The van der Waals surface area contributed by atoms with Crippen LogP contribution < -0.4 is 10.6 Å². The number of aromatic nitrogens is 3. The molecule has 0 bridgehead atoms. The lowest BCUT2D eigenvalue weighted by Gasteiger charge is -2.18. The molecule has 0 aliphatic heterocycles. The number of hydrogen-bond acceptors (Lipinski definition) is 5. The van der Waals surface area contributed by atoms with Crippen LogP contribution in [0.3, 0.4) is 0 Å². The van der Waals surface area contributed by atoms with Gasteiger partial charge in [0.05, 0.1) is 29.6 Å². The molecule has 2 heterocycles. The minimum Gasteiger partial charge on any atom is -0.339 e. The number of aryl methyl sites for hydroxylation is 1. The molecule has 0 saturated heterocycles. The Morgan fingerprint density at radius 2 is 2.00 bits per heavy atom. The van der Waals surface area contributed by atoms with Crippen molar-refractivity contribution in [1.29, 1.82) is 0 Å². The van der Waals surface area contributed by atoms with E-state index in [1.807, 2.05) is 6.07 Å². The Morgan fingerprint density at radius 3 is 2.68 bits per heavy atom. The van der Waals surface area contributed by atoms with E-state index in [4.69, 9.17) is 11.6 Å². The van der Waals surface area contributed by atoms with Crippen LogP contribution in [0.1, 0.15) is 5.69 Å². The number of rotatable bonds is 4. The third-order valence-corrected chi connectivity index (χ3v) is 5.63. The summed E-state index contributed by atoms with van der Waals surface area (Å²) < 4.78 is 27.2. The molecule has 1 aromatic carbocycles. The second kappa shape index (κ2) is 7.36. The van der Waals surface area contributed by atoms with Crippen molar-refractivity contribution in [3.8, 4) is 0 Å². The van der Waals surface area contributed by atoms with E-state index < -0.39 is 7.92 Å². The van der Waals surface area contributed by atoms with Gasteiger partial charge >= 0.3 is 0 Å². The number of nitrogens with zero attached hydrogens (tertiary/aromatic N) is 3. The number of hydrogen-bond donors (Lipinski definition) is 1. The van der Waals surface area contributed by atoms with Gasteiger partial charge in [0.15, 0.2) is 5.82 Å².